The molecule has 0 spiro atoms. The molecule has 0 radical (unpaired) electrons. The monoisotopic (exact) mass is 418 g/mol. The Morgan fingerprint density at radius 2 is 1.86 bits per heavy atom. The van der Waals surface area contributed by atoms with Crippen molar-refractivity contribution in [1.29, 1.82) is 0 Å². The molecule has 29 heavy (non-hydrogen) atoms. The highest BCUT2D eigenvalue weighted by molar-refractivity contribution is 7.18. The van der Waals surface area contributed by atoms with E-state index in [-0.39, 0.29) is 28.6 Å². The van der Waals surface area contributed by atoms with Crippen molar-refractivity contribution in [2.45, 2.75) is 33.1 Å². The summed E-state index contributed by atoms with van der Waals surface area (Å²) in [5.41, 5.74) is 0.465. The van der Waals surface area contributed by atoms with Crippen molar-refractivity contribution >= 4 is 34.1 Å². The number of nitrogens with zero attached hydrogens (tertiary/aromatic N) is 1. The first-order valence-corrected chi connectivity index (χ1v) is 10.4. The van der Waals surface area contributed by atoms with Crippen molar-refractivity contribution in [2.75, 3.05) is 25.0 Å². The maximum absolute atomic E-state index is 14.0. The number of nitrogens with one attached hydrogen (secondary N) is 1. The van der Waals surface area contributed by atoms with Crippen LogP contribution in [0.1, 0.15) is 62.1 Å². The predicted molar refractivity (Wildman–Crippen MR) is 109 cm³/mol. The highest BCUT2D eigenvalue weighted by Gasteiger charge is 2.29. The van der Waals surface area contributed by atoms with Gasteiger partial charge in [-0.25, -0.2) is 9.18 Å². The summed E-state index contributed by atoms with van der Waals surface area (Å²) in [6.07, 6.45) is 2.97. The van der Waals surface area contributed by atoms with Crippen molar-refractivity contribution in [2.24, 2.45) is 0 Å². The third-order valence-corrected chi connectivity index (χ3v) is 6.00. The minimum atomic E-state index is -0.688. The molecule has 1 aromatic carbocycles. The van der Waals surface area contributed by atoms with E-state index in [4.69, 9.17) is 4.74 Å². The molecule has 2 amide bonds. The molecule has 1 fully saturated rings. The van der Waals surface area contributed by atoms with Crippen LogP contribution in [0.5, 0.6) is 0 Å². The predicted octanol–water partition coefficient (Wildman–Crippen LogP) is 4.25. The van der Waals surface area contributed by atoms with Gasteiger partial charge in [0, 0.05) is 13.1 Å². The second-order valence-electron chi connectivity index (χ2n) is 6.77. The summed E-state index contributed by atoms with van der Waals surface area (Å²) in [6, 6.07) is 5.58. The third-order valence-electron chi connectivity index (χ3n) is 4.81. The van der Waals surface area contributed by atoms with Crippen molar-refractivity contribution < 1.29 is 23.5 Å². The van der Waals surface area contributed by atoms with Crippen LogP contribution in [-0.2, 0) is 4.74 Å². The van der Waals surface area contributed by atoms with Crippen molar-refractivity contribution in [3.05, 3.63) is 51.7 Å². The van der Waals surface area contributed by atoms with Crippen molar-refractivity contribution in [3.63, 3.8) is 0 Å². The smallest absolute Gasteiger partial charge is 0.341 e. The molecule has 2 aromatic rings. The Morgan fingerprint density at radius 1 is 1.17 bits per heavy atom. The van der Waals surface area contributed by atoms with Crippen LogP contribution in [0.4, 0.5) is 9.39 Å². The normalized spacial score (nSPS) is 13.8. The van der Waals surface area contributed by atoms with Crippen LogP contribution in [0, 0.1) is 12.7 Å². The van der Waals surface area contributed by atoms with Crippen molar-refractivity contribution in [1.82, 2.24) is 4.90 Å². The number of benzene rings is 1. The van der Waals surface area contributed by atoms with E-state index >= 15 is 0 Å². The summed E-state index contributed by atoms with van der Waals surface area (Å²) >= 11 is 1.02. The zero-order valence-electron chi connectivity index (χ0n) is 16.4. The van der Waals surface area contributed by atoms with Crippen LogP contribution in [0.15, 0.2) is 24.3 Å². The number of halogens is 1. The number of amides is 2. The zero-order chi connectivity index (χ0) is 21.0. The van der Waals surface area contributed by atoms with Crippen LogP contribution >= 0.6 is 11.3 Å². The molecule has 1 aliphatic heterocycles. The summed E-state index contributed by atoms with van der Waals surface area (Å²) in [7, 11) is 0. The lowest BCUT2D eigenvalue weighted by atomic mass is 10.1. The SMILES string of the molecule is CCOC(=O)c1c(NC(=O)c2ccccc2F)sc(C(=O)N2CCCCC2)c1C. The molecule has 8 heteroatoms. The number of piperidine rings is 1. The van der Waals surface area contributed by atoms with Gasteiger partial charge in [0.25, 0.3) is 11.8 Å². The molecule has 154 valence electrons. The number of carbonyl (C=O) groups excluding carboxylic acids is 3. The van der Waals surface area contributed by atoms with Crippen LogP contribution in [0.25, 0.3) is 0 Å². The minimum Gasteiger partial charge on any atom is -0.462 e. The van der Waals surface area contributed by atoms with Crippen LogP contribution in [0.2, 0.25) is 0 Å². The van der Waals surface area contributed by atoms with Crippen LogP contribution in [-0.4, -0.2) is 42.4 Å². The molecule has 0 bridgehead atoms. The molecule has 0 aliphatic carbocycles. The number of hydrogen-bond donors (Lipinski definition) is 1. The lowest BCUT2D eigenvalue weighted by molar-refractivity contribution is 0.0527. The molecular formula is C21H23FN2O4S. The lowest BCUT2D eigenvalue weighted by Crippen LogP contribution is -2.35. The standard InChI is InChI=1S/C21H23FN2O4S/c1-3-28-21(27)16-13(2)17(20(26)24-11-7-4-8-12-24)29-19(16)23-18(25)14-9-5-6-10-15(14)22/h5-6,9-10H,3-4,7-8,11-12H2,1-2H3,(H,23,25). The van der Waals surface area contributed by atoms with Gasteiger partial charge in [-0.15, -0.1) is 11.3 Å². The summed E-state index contributed by atoms with van der Waals surface area (Å²) in [6.45, 7) is 4.84. The summed E-state index contributed by atoms with van der Waals surface area (Å²) in [5, 5.41) is 2.78. The number of likely N-dealkylation sites (tertiary alicyclic amines) is 1. The first kappa shape index (κ1) is 21.0. The Labute approximate surface area is 172 Å². The van der Waals surface area contributed by atoms with Gasteiger partial charge in [0.1, 0.15) is 10.8 Å². The van der Waals surface area contributed by atoms with Gasteiger partial charge in [0.05, 0.1) is 22.6 Å². The molecule has 0 unspecified atom stereocenters. The fourth-order valence-electron chi connectivity index (χ4n) is 3.31. The third kappa shape index (κ3) is 4.48. The average molecular weight is 418 g/mol. The number of hydrogen-bond acceptors (Lipinski definition) is 5. The van der Waals surface area contributed by atoms with E-state index in [9.17, 15) is 18.8 Å². The van der Waals surface area contributed by atoms with E-state index in [1.54, 1.807) is 24.8 Å². The number of thiophene rings is 1. The molecule has 1 aliphatic rings. The van der Waals surface area contributed by atoms with Gasteiger partial charge >= 0.3 is 5.97 Å². The first-order valence-electron chi connectivity index (χ1n) is 9.59. The Morgan fingerprint density at radius 3 is 2.52 bits per heavy atom. The molecular weight excluding hydrogens is 395 g/mol. The van der Waals surface area contributed by atoms with E-state index in [2.05, 4.69) is 5.32 Å². The van der Waals surface area contributed by atoms with Crippen LogP contribution in [0.3, 0.4) is 0 Å². The highest BCUT2D eigenvalue weighted by atomic mass is 32.1. The number of anilines is 1. The molecule has 3 rings (SSSR count). The van der Waals surface area contributed by atoms with Gasteiger partial charge in [-0.2, -0.15) is 0 Å². The molecule has 0 atom stereocenters. The summed E-state index contributed by atoms with van der Waals surface area (Å²) < 4.78 is 19.1. The fourth-order valence-corrected chi connectivity index (χ4v) is 4.47. The van der Waals surface area contributed by atoms with Gasteiger partial charge in [-0.3, -0.25) is 9.59 Å². The second kappa shape index (κ2) is 9.17. The molecule has 2 heterocycles. The molecule has 1 N–H and O–H groups in total. The van der Waals surface area contributed by atoms with Gasteiger partial charge in [0.15, 0.2) is 0 Å². The second-order valence-corrected chi connectivity index (χ2v) is 7.79. The van der Waals surface area contributed by atoms with E-state index in [1.165, 1.54) is 18.2 Å². The Hall–Kier alpha value is -2.74. The van der Waals surface area contributed by atoms with Crippen molar-refractivity contribution in [3.8, 4) is 0 Å². The quantitative estimate of drug-likeness (QED) is 0.737. The van der Waals surface area contributed by atoms with Crippen LogP contribution < -0.4 is 5.32 Å². The highest BCUT2D eigenvalue weighted by Crippen LogP contribution is 2.35. The molecule has 1 saturated heterocycles. The Bertz CT molecular complexity index is 935. The van der Waals surface area contributed by atoms with Gasteiger partial charge in [-0.05, 0) is 50.8 Å². The fraction of sp³-hybridized carbons (Fsp3) is 0.381. The maximum Gasteiger partial charge on any atom is 0.341 e. The lowest BCUT2D eigenvalue weighted by Gasteiger charge is -2.26. The largest absolute Gasteiger partial charge is 0.462 e. The molecule has 1 aromatic heterocycles. The van der Waals surface area contributed by atoms with E-state index in [0.717, 1.165) is 30.6 Å². The van der Waals surface area contributed by atoms with E-state index in [1.807, 2.05) is 0 Å². The Balaban J connectivity index is 1.96. The van der Waals surface area contributed by atoms with E-state index in [0.29, 0.717) is 23.5 Å². The first-order chi connectivity index (χ1) is 13.9. The Kier molecular flexibility index (Phi) is 6.64. The topological polar surface area (TPSA) is 75.7 Å². The summed E-state index contributed by atoms with van der Waals surface area (Å²) in [5.74, 6) is -2.14. The number of carbonyl (C=O) groups is 3. The van der Waals surface area contributed by atoms with Gasteiger partial charge < -0.3 is 15.0 Å². The maximum atomic E-state index is 14.0. The molecule has 6 nitrogen and oxygen atoms in total. The van der Waals surface area contributed by atoms with Gasteiger partial charge in [-0.1, -0.05) is 12.1 Å². The minimum absolute atomic E-state index is 0.141. The van der Waals surface area contributed by atoms with E-state index < -0.39 is 17.7 Å². The summed E-state index contributed by atoms with van der Waals surface area (Å²) in [4.78, 5) is 40.2. The molecule has 0 saturated carbocycles. The van der Waals surface area contributed by atoms with Gasteiger partial charge in [0.2, 0.25) is 0 Å². The zero-order valence-corrected chi connectivity index (χ0v) is 17.2. The number of esters is 1. The average Bonchev–Trinajstić information content (AvgIpc) is 3.04. The number of rotatable bonds is 5. The number of ether oxygens (including phenoxy) is 1.